The third kappa shape index (κ3) is 4.36. The highest BCUT2D eigenvalue weighted by Crippen LogP contribution is 2.26. The largest absolute Gasteiger partial charge is 0.396 e. The van der Waals surface area contributed by atoms with Gasteiger partial charge in [0.15, 0.2) is 5.69 Å². The molecule has 1 amide bonds. The van der Waals surface area contributed by atoms with E-state index in [-0.39, 0.29) is 35.6 Å². The molecular weight excluding hydrogens is 435 g/mol. The summed E-state index contributed by atoms with van der Waals surface area (Å²) >= 11 is 0. The minimum absolute atomic E-state index is 0.0816. The second-order valence-corrected chi connectivity index (χ2v) is 8.64. The first-order chi connectivity index (χ1) is 16.5. The molecule has 2 aromatic carbocycles. The highest BCUT2D eigenvalue weighted by Gasteiger charge is 2.19. The fourth-order valence-corrected chi connectivity index (χ4v) is 4.54. The van der Waals surface area contributed by atoms with E-state index in [1.807, 2.05) is 6.07 Å². The number of aliphatic hydroxyl groups is 1. The van der Waals surface area contributed by atoms with Crippen LogP contribution in [0.4, 0.5) is 4.39 Å². The number of benzene rings is 2. The summed E-state index contributed by atoms with van der Waals surface area (Å²) < 4.78 is 14.7. The number of aromatic amines is 1. The topological polar surface area (TPSA) is 99.5 Å². The van der Waals surface area contributed by atoms with Crippen molar-refractivity contribution < 1.29 is 14.3 Å². The molecule has 8 heteroatoms. The van der Waals surface area contributed by atoms with Gasteiger partial charge >= 0.3 is 0 Å². The van der Waals surface area contributed by atoms with Crippen molar-refractivity contribution in [2.75, 3.05) is 6.61 Å². The Bertz CT molecular complexity index is 1410. The number of hydrogen-bond donors (Lipinski definition) is 3. The Balaban J connectivity index is 1.43. The van der Waals surface area contributed by atoms with Crippen LogP contribution in [-0.2, 0) is 12.8 Å². The van der Waals surface area contributed by atoms with Crippen LogP contribution in [0.15, 0.2) is 59.5 Å². The molecule has 0 spiro atoms. The molecule has 0 fully saturated rings. The molecule has 174 valence electrons. The summed E-state index contributed by atoms with van der Waals surface area (Å²) in [5.74, 6) is -0.867. The fourth-order valence-electron chi connectivity index (χ4n) is 4.54. The van der Waals surface area contributed by atoms with Crippen LogP contribution in [0.5, 0.6) is 0 Å². The molecule has 1 aliphatic carbocycles. The Morgan fingerprint density at radius 1 is 1.12 bits per heavy atom. The van der Waals surface area contributed by atoms with Crippen molar-refractivity contribution >= 4 is 11.4 Å². The van der Waals surface area contributed by atoms with Crippen molar-refractivity contribution in [1.82, 2.24) is 19.9 Å². The van der Waals surface area contributed by atoms with Crippen LogP contribution < -0.4 is 10.9 Å². The lowest BCUT2D eigenvalue weighted by Crippen LogP contribution is -2.29. The summed E-state index contributed by atoms with van der Waals surface area (Å²) in [7, 11) is 0. The van der Waals surface area contributed by atoms with Crippen LogP contribution in [0.1, 0.15) is 52.5 Å². The number of fused-ring (bicyclic) bond motifs is 2. The zero-order valence-electron chi connectivity index (χ0n) is 18.6. The third-order valence-electron chi connectivity index (χ3n) is 6.36. The maximum absolute atomic E-state index is 13.3. The maximum atomic E-state index is 13.3. The molecule has 1 unspecified atom stereocenters. The molecular formula is C26H25FN4O3. The van der Waals surface area contributed by atoms with Gasteiger partial charge in [0, 0.05) is 12.7 Å². The summed E-state index contributed by atoms with van der Waals surface area (Å²) in [6, 6.07) is 12.9. The Kier molecular flexibility index (Phi) is 5.98. The first-order valence-electron chi connectivity index (χ1n) is 11.4. The van der Waals surface area contributed by atoms with Crippen LogP contribution in [0.2, 0.25) is 0 Å². The fraction of sp³-hybridized carbons (Fsp3) is 0.269. The average Bonchev–Trinajstić information content (AvgIpc) is 3.29. The number of nitrogens with zero attached hydrogens (tertiary/aromatic N) is 2. The number of carbonyl (C=O) groups excluding carboxylic acids is 1. The molecule has 3 N–H and O–H groups in total. The zero-order valence-corrected chi connectivity index (χ0v) is 18.6. The first kappa shape index (κ1) is 22.0. The van der Waals surface area contributed by atoms with Gasteiger partial charge in [-0.25, -0.2) is 8.91 Å². The van der Waals surface area contributed by atoms with Gasteiger partial charge in [0.2, 0.25) is 0 Å². The van der Waals surface area contributed by atoms with E-state index in [2.05, 4.69) is 27.5 Å². The molecule has 2 heterocycles. The van der Waals surface area contributed by atoms with Gasteiger partial charge in [-0.05, 0) is 72.6 Å². The first-order valence-corrected chi connectivity index (χ1v) is 11.4. The Morgan fingerprint density at radius 2 is 1.88 bits per heavy atom. The van der Waals surface area contributed by atoms with E-state index in [4.69, 9.17) is 0 Å². The molecule has 1 aliphatic rings. The van der Waals surface area contributed by atoms with Gasteiger partial charge < -0.3 is 15.4 Å². The van der Waals surface area contributed by atoms with Gasteiger partial charge in [0.1, 0.15) is 11.3 Å². The van der Waals surface area contributed by atoms with Gasteiger partial charge in [0.05, 0.1) is 17.9 Å². The van der Waals surface area contributed by atoms with E-state index >= 15 is 0 Å². The standard InChI is InChI=1S/C26H25FN4O3/c27-20-9-7-17(8-10-20)21(11-12-32)28-25(33)22-14-24-26(34)29-23(15-31(24)30-22)19-6-5-16-3-1-2-4-18(16)13-19/h5-10,13-15,21,32H,1-4,11-12H2,(H,28,33)(H,29,34). The molecule has 0 bridgehead atoms. The third-order valence-corrected chi connectivity index (χ3v) is 6.36. The molecule has 2 aromatic heterocycles. The van der Waals surface area contributed by atoms with Crippen LogP contribution in [0.25, 0.3) is 16.8 Å². The smallest absolute Gasteiger partial charge is 0.274 e. The number of amides is 1. The zero-order chi connectivity index (χ0) is 23.7. The lowest BCUT2D eigenvalue weighted by Gasteiger charge is -2.17. The number of nitrogens with one attached hydrogen (secondary N) is 2. The van der Waals surface area contributed by atoms with Crippen LogP contribution in [0, 0.1) is 5.82 Å². The van der Waals surface area contributed by atoms with Gasteiger partial charge in [-0.1, -0.05) is 24.3 Å². The Hall–Kier alpha value is -3.78. The molecule has 0 saturated carbocycles. The molecule has 34 heavy (non-hydrogen) atoms. The van der Waals surface area contributed by atoms with Crippen molar-refractivity contribution in [1.29, 1.82) is 0 Å². The number of carbonyl (C=O) groups is 1. The lowest BCUT2D eigenvalue weighted by atomic mass is 9.90. The predicted molar refractivity (Wildman–Crippen MR) is 126 cm³/mol. The number of hydrogen-bond acceptors (Lipinski definition) is 4. The lowest BCUT2D eigenvalue weighted by molar-refractivity contribution is 0.0924. The second-order valence-electron chi connectivity index (χ2n) is 8.64. The molecule has 0 radical (unpaired) electrons. The highest BCUT2D eigenvalue weighted by molar-refractivity contribution is 5.93. The molecule has 0 saturated heterocycles. The second kappa shape index (κ2) is 9.23. The highest BCUT2D eigenvalue weighted by atomic mass is 19.1. The number of halogens is 1. The summed E-state index contributed by atoms with van der Waals surface area (Å²) in [4.78, 5) is 28.6. The van der Waals surface area contributed by atoms with E-state index in [0.29, 0.717) is 11.3 Å². The van der Waals surface area contributed by atoms with Gasteiger partial charge in [-0.15, -0.1) is 0 Å². The summed E-state index contributed by atoms with van der Waals surface area (Å²) in [6.45, 7) is -0.155. The molecule has 5 rings (SSSR count). The normalized spacial score (nSPS) is 14.1. The Labute approximate surface area is 195 Å². The van der Waals surface area contributed by atoms with E-state index < -0.39 is 11.9 Å². The number of aliphatic hydroxyl groups excluding tert-OH is 1. The average molecular weight is 461 g/mol. The van der Waals surface area contributed by atoms with Crippen LogP contribution in [0.3, 0.4) is 0 Å². The number of rotatable bonds is 6. The van der Waals surface area contributed by atoms with Crippen molar-refractivity contribution in [3.63, 3.8) is 0 Å². The van der Waals surface area contributed by atoms with Gasteiger partial charge in [-0.2, -0.15) is 5.10 Å². The molecule has 4 aromatic rings. The predicted octanol–water partition coefficient (Wildman–Crippen LogP) is 3.56. The minimum atomic E-state index is -0.521. The number of aromatic nitrogens is 3. The van der Waals surface area contributed by atoms with E-state index in [1.54, 1.807) is 18.3 Å². The molecule has 7 nitrogen and oxygen atoms in total. The quantitative estimate of drug-likeness (QED) is 0.410. The van der Waals surface area contributed by atoms with Crippen molar-refractivity contribution in [3.8, 4) is 11.3 Å². The summed E-state index contributed by atoms with van der Waals surface area (Å²) in [5, 5.41) is 16.6. The van der Waals surface area contributed by atoms with Crippen molar-refractivity contribution in [2.24, 2.45) is 0 Å². The summed E-state index contributed by atoms with van der Waals surface area (Å²) in [6.07, 6.45) is 6.45. The van der Waals surface area contributed by atoms with Gasteiger partial charge in [0.25, 0.3) is 11.5 Å². The van der Waals surface area contributed by atoms with Crippen LogP contribution >= 0.6 is 0 Å². The van der Waals surface area contributed by atoms with Crippen molar-refractivity contribution in [2.45, 2.75) is 38.1 Å². The monoisotopic (exact) mass is 460 g/mol. The van der Waals surface area contributed by atoms with Crippen LogP contribution in [-0.4, -0.2) is 32.2 Å². The van der Waals surface area contributed by atoms with E-state index in [1.165, 1.54) is 46.7 Å². The van der Waals surface area contributed by atoms with E-state index in [9.17, 15) is 19.1 Å². The SMILES string of the molecule is O=C(NC(CCO)c1ccc(F)cc1)c1cc2c(=O)[nH]c(-c3ccc4c(c3)CCCC4)cn2n1. The van der Waals surface area contributed by atoms with Gasteiger partial charge in [-0.3, -0.25) is 9.59 Å². The molecule has 0 aliphatic heterocycles. The summed E-state index contributed by atoms with van der Waals surface area (Å²) in [5.41, 5.74) is 4.86. The number of H-pyrrole nitrogens is 1. The Morgan fingerprint density at radius 3 is 2.65 bits per heavy atom. The minimum Gasteiger partial charge on any atom is -0.396 e. The number of aryl methyl sites for hydroxylation is 2. The van der Waals surface area contributed by atoms with Crippen molar-refractivity contribution in [3.05, 3.63) is 93.3 Å². The molecule has 1 atom stereocenters. The van der Waals surface area contributed by atoms with E-state index in [0.717, 1.165) is 18.4 Å². The maximum Gasteiger partial charge on any atom is 0.274 e.